The first-order chi connectivity index (χ1) is 9.56. The molecule has 1 amide bonds. The number of carbonyl (C=O) groups excluding carboxylic acids is 1. The zero-order chi connectivity index (χ0) is 14.5. The van der Waals surface area contributed by atoms with Gasteiger partial charge in [0.25, 0.3) is 5.91 Å². The number of hydrogen-bond acceptors (Lipinski definition) is 3. The van der Waals surface area contributed by atoms with E-state index >= 15 is 0 Å². The maximum absolute atomic E-state index is 12.1. The molecule has 2 atom stereocenters. The number of ether oxygens (including phenoxy) is 1. The van der Waals surface area contributed by atoms with Crippen LogP contribution in [-0.2, 0) is 4.79 Å². The number of hydrogen-bond donors (Lipinski definition) is 2. The lowest BCUT2D eigenvalue weighted by Gasteiger charge is -2.18. The minimum Gasteiger partial charge on any atom is -0.481 e. The van der Waals surface area contributed by atoms with Crippen LogP contribution in [0.2, 0.25) is 0 Å². The van der Waals surface area contributed by atoms with E-state index in [0.29, 0.717) is 11.8 Å². The van der Waals surface area contributed by atoms with E-state index in [1.807, 2.05) is 31.2 Å². The molecular formula is C16H24N2O2. The second-order valence-corrected chi connectivity index (χ2v) is 5.61. The van der Waals surface area contributed by atoms with E-state index < -0.39 is 6.10 Å². The highest BCUT2D eigenvalue weighted by Crippen LogP contribution is 2.20. The van der Waals surface area contributed by atoms with Gasteiger partial charge in [-0.05, 0) is 44.4 Å². The summed E-state index contributed by atoms with van der Waals surface area (Å²) in [5, 5.41) is 3.05. The molecule has 0 radical (unpaired) electrons. The number of amides is 1. The summed E-state index contributed by atoms with van der Waals surface area (Å²) in [6, 6.07) is 7.89. The van der Waals surface area contributed by atoms with Crippen LogP contribution < -0.4 is 15.8 Å². The van der Waals surface area contributed by atoms with Gasteiger partial charge in [-0.15, -0.1) is 0 Å². The Labute approximate surface area is 120 Å². The SMILES string of the molecule is CC(Oc1cccc([C@H](C)N)c1)C(=O)NC1CCCC1. The molecule has 0 aliphatic heterocycles. The first-order valence-corrected chi connectivity index (χ1v) is 7.39. The summed E-state index contributed by atoms with van der Waals surface area (Å²) in [6.45, 7) is 3.71. The highest BCUT2D eigenvalue weighted by Gasteiger charge is 2.21. The van der Waals surface area contributed by atoms with Crippen LogP contribution in [0.3, 0.4) is 0 Å². The number of nitrogens with one attached hydrogen (secondary N) is 1. The molecule has 1 aromatic carbocycles. The van der Waals surface area contributed by atoms with E-state index in [1.54, 1.807) is 6.92 Å². The standard InChI is InChI=1S/C16H24N2O2/c1-11(17)13-6-5-9-15(10-13)20-12(2)16(19)18-14-7-3-4-8-14/h5-6,9-12,14H,3-4,7-8,17H2,1-2H3,(H,18,19)/t11-,12?/m0/s1. The smallest absolute Gasteiger partial charge is 0.260 e. The molecule has 0 aromatic heterocycles. The zero-order valence-corrected chi connectivity index (χ0v) is 12.3. The number of benzene rings is 1. The third kappa shape index (κ3) is 3.97. The summed E-state index contributed by atoms with van der Waals surface area (Å²) in [5.74, 6) is 0.650. The maximum atomic E-state index is 12.1. The highest BCUT2D eigenvalue weighted by molar-refractivity contribution is 5.81. The Balaban J connectivity index is 1.91. The number of carbonyl (C=O) groups is 1. The van der Waals surface area contributed by atoms with Crippen molar-refractivity contribution in [2.24, 2.45) is 5.73 Å². The molecular weight excluding hydrogens is 252 g/mol. The molecule has 0 bridgehead atoms. The second-order valence-electron chi connectivity index (χ2n) is 5.61. The van der Waals surface area contributed by atoms with E-state index in [1.165, 1.54) is 12.8 Å². The Kier molecular flexibility index (Phi) is 5.01. The van der Waals surface area contributed by atoms with Gasteiger partial charge in [-0.3, -0.25) is 4.79 Å². The van der Waals surface area contributed by atoms with Crippen molar-refractivity contribution in [2.45, 2.75) is 57.7 Å². The average molecular weight is 276 g/mol. The van der Waals surface area contributed by atoms with Crippen LogP contribution in [0.5, 0.6) is 5.75 Å². The average Bonchev–Trinajstić information content (AvgIpc) is 2.91. The van der Waals surface area contributed by atoms with Gasteiger partial charge in [0.15, 0.2) is 6.10 Å². The molecule has 4 nitrogen and oxygen atoms in total. The maximum Gasteiger partial charge on any atom is 0.260 e. The van der Waals surface area contributed by atoms with Crippen LogP contribution in [0, 0.1) is 0 Å². The molecule has 1 aliphatic carbocycles. The molecule has 1 saturated carbocycles. The number of rotatable bonds is 5. The molecule has 3 N–H and O–H groups in total. The summed E-state index contributed by atoms with van der Waals surface area (Å²) in [7, 11) is 0. The first-order valence-electron chi connectivity index (χ1n) is 7.39. The number of nitrogens with two attached hydrogens (primary N) is 1. The zero-order valence-electron chi connectivity index (χ0n) is 12.3. The summed E-state index contributed by atoms with van der Waals surface area (Å²) in [4.78, 5) is 12.1. The molecule has 0 heterocycles. The van der Waals surface area contributed by atoms with Crippen molar-refractivity contribution in [2.75, 3.05) is 0 Å². The van der Waals surface area contributed by atoms with Crippen LogP contribution in [0.15, 0.2) is 24.3 Å². The summed E-state index contributed by atoms with van der Waals surface area (Å²) in [5.41, 5.74) is 6.85. The van der Waals surface area contributed by atoms with Crippen LogP contribution in [0.25, 0.3) is 0 Å². The van der Waals surface area contributed by atoms with Gasteiger partial charge < -0.3 is 15.8 Å². The normalized spacial score (nSPS) is 18.6. The van der Waals surface area contributed by atoms with Crippen LogP contribution in [0.4, 0.5) is 0 Å². The molecule has 1 aromatic rings. The largest absolute Gasteiger partial charge is 0.481 e. The third-order valence-electron chi connectivity index (χ3n) is 3.77. The first kappa shape index (κ1) is 14.9. The molecule has 1 fully saturated rings. The fourth-order valence-corrected chi connectivity index (χ4v) is 2.52. The summed E-state index contributed by atoms with van der Waals surface area (Å²) < 4.78 is 5.71. The molecule has 0 saturated heterocycles. The molecule has 1 unspecified atom stereocenters. The Morgan fingerprint density at radius 1 is 1.35 bits per heavy atom. The predicted octanol–water partition coefficient (Wildman–Crippen LogP) is 2.53. The van der Waals surface area contributed by atoms with Crippen LogP contribution in [-0.4, -0.2) is 18.1 Å². The van der Waals surface area contributed by atoms with E-state index in [2.05, 4.69) is 5.32 Å². The van der Waals surface area contributed by atoms with E-state index in [-0.39, 0.29) is 11.9 Å². The molecule has 110 valence electrons. The fourth-order valence-electron chi connectivity index (χ4n) is 2.52. The van der Waals surface area contributed by atoms with Gasteiger partial charge in [-0.1, -0.05) is 25.0 Å². The van der Waals surface area contributed by atoms with Crippen molar-refractivity contribution >= 4 is 5.91 Å². The molecule has 1 aliphatic rings. The lowest BCUT2D eigenvalue weighted by atomic mass is 10.1. The van der Waals surface area contributed by atoms with Crippen molar-refractivity contribution in [3.63, 3.8) is 0 Å². The highest BCUT2D eigenvalue weighted by atomic mass is 16.5. The fraction of sp³-hybridized carbons (Fsp3) is 0.562. The van der Waals surface area contributed by atoms with Crippen LogP contribution in [0.1, 0.15) is 51.1 Å². The van der Waals surface area contributed by atoms with Gasteiger partial charge in [0.2, 0.25) is 0 Å². The van der Waals surface area contributed by atoms with Gasteiger partial charge in [-0.2, -0.15) is 0 Å². The van der Waals surface area contributed by atoms with Gasteiger partial charge in [0.05, 0.1) is 0 Å². The van der Waals surface area contributed by atoms with Gasteiger partial charge in [0, 0.05) is 12.1 Å². The predicted molar refractivity (Wildman–Crippen MR) is 79.5 cm³/mol. The molecule has 4 heteroatoms. The summed E-state index contributed by atoms with van der Waals surface area (Å²) >= 11 is 0. The Morgan fingerprint density at radius 3 is 2.70 bits per heavy atom. The third-order valence-corrected chi connectivity index (χ3v) is 3.77. The van der Waals surface area contributed by atoms with Crippen molar-refractivity contribution in [3.8, 4) is 5.75 Å². The lowest BCUT2D eigenvalue weighted by molar-refractivity contribution is -0.127. The second kappa shape index (κ2) is 6.75. The van der Waals surface area contributed by atoms with Crippen molar-refractivity contribution in [1.82, 2.24) is 5.32 Å². The monoisotopic (exact) mass is 276 g/mol. The van der Waals surface area contributed by atoms with E-state index in [0.717, 1.165) is 18.4 Å². The lowest BCUT2D eigenvalue weighted by Crippen LogP contribution is -2.41. The van der Waals surface area contributed by atoms with Crippen molar-refractivity contribution in [3.05, 3.63) is 29.8 Å². The summed E-state index contributed by atoms with van der Waals surface area (Å²) in [6.07, 6.45) is 4.09. The minimum absolute atomic E-state index is 0.0388. The van der Waals surface area contributed by atoms with Crippen LogP contribution >= 0.6 is 0 Å². The van der Waals surface area contributed by atoms with Gasteiger partial charge in [0.1, 0.15) is 5.75 Å². The van der Waals surface area contributed by atoms with Crippen molar-refractivity contribution < 1.29 is 9.53 Å². The molecule has 2 rings (SSSR count). The molecule has 0 spiro atoms. The van der Waals surface area contributed by atoms with E-state index in [9.17, 15) is 4.79 Å². The van der Waals surface area contributed by atoms with Gasteiger partial charge >= 0.3 is 0 Å². The Morgan fingerprint density at radius 2 is 2.05 bits per heavy atom. The quantitative estimate of drug-likeness (QED) is 0.868. The van der Waals surface area contributed by atoms with Gasteiger partial charge in [-0.25, -0.2) is 0 Å². The molecule has 20 heavy (non-hydrogen) atoms. The van der Waals surface area contributed by atoms with E-state index in [4.69, 9.17) is 10.5 Å². The minimum atomic E-state index is -0.487. The Hall–Kier alpha value is -1.55. The topological polar surface area (TPSA) is 64.3 Å². The Bertz CT molecular complexity index is 454. The van der Waals surface area contributed by atoms with Crippen molar-refractivity contribution in [1.29, 1.82) is 0 Å².